The van der Waals surface area contributed by atoms with Gasteiger partial charge in [0.05, 0.1) is 24.3 Å². The first-order valence-electron chi connectivity index (χ1n) is 7.08. The Hall–Kier alpha value is -1.62. The van der Waals surface area contributed by atoms with Crippen LogP contribution in [0.4, 0.5) is 4.39 Å². The zero-order chi connectivity index (χ0) is 14.1. The normalized spacial score (nSPS) is 26.1. The highest BCUT2D eigenvalue weighted by molar-refractivity contribution is 5.97. The molecule has 1 heterocycles. The number of benzene rings is 1. The van der Waals surface area contributed by atoms with Gasteiger partial charge in [-0.05, 0) is 31.0 Å². The van der Waals surface area contributed by atoms with Crippen molar-refractivity contribution in [2.45, 2.75) is 37.8 Å². The molecular weight excluding hydrogens is 261 g/mol. The molecular formula is C15H18FNO3. The van der Waals surface area contributed by atoms with Crippen molar-refractivity contribution in [1.82, 2.24) is 4.90 Å². The Labute approximate surface area is 117 Å². The maximum atomic E-state index is 13.3. The van der Waals surface area contributed by atoms with Crippen LogP contribution in [0.2, 0.25) is 0 Å². The van der Waals surface area contributed by atoms with Gasteiger partial charge in [0, 0.05) is 6.54 Å². The van der Waals surface area contributed by atoms with Crippen LogP contribution >= 0.6 is 0 Å². The van der Waals surface area contributed by atoms with Crippen LogP contribution in [0.5, 0.6) is 5.75 Å². The van der Waals surface area contributed by atoms with Crippen LogP contribution in [0.25, 0.3) is 0 Å². The summed E-state index contributed by atoms with van der Waals surface area (Å²) in [4.78, 5) is 14.3. The molecule has 108 valence electrons. The summed E-state index contributed by atoms with van der Waals surface area (Å²) in [6.07, 6.45) is 4.14. The SMILES string of the molecule is O=C(c1cc(F)ccc1O)N1CCOC2CCCCC21. The fraction of sp³-hybridized carbons (Fsp3) is 0.533. The monoisotopic (exact) mass is 279 g/mol. The summed E-state index contributed by atoms with van der Waals surface area (Å²) >= 11 is 0. The largest absolute Gasteiger partial charge is 0.507 e. The van der Waals surface area contributed by atoms with Gasteiger partial charge in [0.2, 0.25) is 0 Å². The minimum atomic E-state index is -0.514. The lowest BCUT2D eigenvalue weighted by Gasteiger charge is -2.43. The van der Waals surface area contributed by atoms with E-state index < -0.39 is 5.82 Å². The molecule has 0 bridgehead atoms. The number of amides is 1. The molecule has 3 rings (SSSR count). The predicted octanol–water partition coefficient (Wildman–Crippen LogP) is 2.31. The van der Waals surface area contributed by atoms with E-state index >= 15 is 0 Å². The van der Waals surface area contributed by atoms with Gasteiger partial charge in [0.15, 0.2) is 0 Å². The van der Waals surface area contributed by atoms with Gasteiger partial charge in [-0.3, -0.25) is 4.79 Å². The van der Waals surface area contributed by atoms with Crippen molar-refractivity contribution < 1.29 is 19.0 Å². The highest BCUT2D eigenvalue weighted by Gasteiger charge is 2.37. The average Bonchev–Trinajstić information content (AvgIpc) is 2.48. The number of phenolic OH excluding ortho intramolecular Hbond substituents is 1. The van der Waals surface area contributed by atoms with Crippen molar-refractivity contribution in [3.63, 3.8) is 0 Å². The van der Waals surface area contributed by atoms with Crippen molar-refractivity contribution in [3.05, 3.63) is 29.6 Å². The summed E-state index contributed by atoms with van der Waals surface area (Å²) in [5.74, 6) is -0.989. The second-order valence-electron chi connectivity index (χ2n) is 5.42. The third-order valence-corrected chi connectivity index (χ3v) is 4.18. The lowest BCUT2D eigenvalue weighted by atomic mass is 9.89. The van der Waals surface area contributed by atoms with E-state index in [1.165, 1.54) is 6.07 Å². The summed E-state index contributed by atoms with van der Waals surface area (Å²) < 4.78 is 19.0. The molecule has 1 aromatic rings. The molecule has 2 unspecified atom stereocenters. The van der Waals surface area contributed by atoms with Crippen LogP contribution in [-0.2, 0) is 4.74 Å². The van der Waals surface area contributed by atoms with Gasteiger partial charge >= 0.3 is 0 Å². The van der Waals surface area contributed by atoms with Gasteiger partial charge < -0.3 is 14.7 Å². The second-order valence-corrected chi connectivity index (χ2v) is 5.42. The van der Waals surface area contributed by atoms with Crippen molar-refractivity contribution in [2.24, 2.45) is 0 Å². The first-order valence-corrected chi connectivity index (χ1v) is 7.08. The number of hydrogen-bond acceptors (Lipinski definition) is 3. The maximum absolute atomic E-state index is 13.3. The number of rotatable bonds is 1. The van der Waals surface area contributed by atoms with Crippen molar-refractivity contribution in [2.75, 3.05) is 13.2 Å². The second kappa shape index (κ2) is 5.40. The molecule has 1 saturated carbocycles. The third-order valence-electron chi connectivity index (χ3n) is 4.18. The number of halogens is 1. The van der Waals surface area contributed by atoms with E-state index in [4.69, 9.17) is 4.74 Å². The topological polar surface area (TPSA) is 49.8 Å². The van der Waals surface area contributed by atoms with Crippen molar-refractivity contribution >= 4 is 5.91 Å². The molecule has 20 heavy (non-hydrogen) atoms. The summed E-state index contributed by atoms with van der Waals surface area (Å²) in [5, 5.41) is 9.79. The Kier molecular flexibility index (Phi) is 3.61. The molecule has 0 aromatic heterocycles. The third kappa shape index (κ3) is 2.38. The minimum absolute atomic E-state index is 0.0382. The first-order chi connectivity index (χ1) is 9.66. The van der Waals surface area contributed by atoms with Gasteiger partial charge in [-0.15, -0.1) is 0 Å². The van der Waals surface area contributed by atoms with Gasteiger partial charge in [0.1, 0.15) is 11.6 Å². The predicted molar refractivity (Wildman–Crippen MR) is 71.1 cm³/mol. The number of ether oxygens (including phenoxy) is 1. The van der Waals surface area contributed by atoms with Crippen LogP contribution in [0.1, 0.15) is 36.0 Å². The Morgan fingerprint density at radius 2 is 2.15 bits per heavy atom. The molecule has 1 aliphatic heterocycles. The Bertz CT molecular complexity index is 518. The van der Waals surface area contributed by atoms with Gasteiger partial charge in [0.25, 0.3) is 5.91 Å². The van der Waals surface area contributed by atoms with E-state index in [1.54, 1.807) is 4.90 Å². The first kappa shape index (κ1) is 13.4. The summed E-state index contributed by atoms with van der Waals surface area (Å²) in [5.41, 5.74) is 0.0382. The average molecular weight is 279 g/mol. The number of carbonyl (C=O) groups is 1. The Morgan fingerprint density at radius 3 is 3.00 bits per heavy atom. The number of fused-ring (bicyclic) bond motifs is 1. The molecule has 0 spiro atoms. The molecule has 2 atom stereocenters. The fourth-order valence-corrected chi connectivity index (χ4v) is 3.18. The highest BCUT2D eigenvalue weighted by atomic mass is 19.1. The molecule has 2 aliphatic rings. The molecule has 4 nitrogen and oxygen atoms in total. The minimum Gasteiger partial charge on any atom is -0.507 e. The molecule has 1 aromatic carbocycles. The van der Waals surface area contributed by atoms with E-state index in [9.17, 15) is 14.3 Å². The van der Waals surface area contributed by atoms with E-state index in [-0.39, 0.29) is 29.4 Å². The summed E-state index contributed by atoms with van der Waals surface area (Å²) in [6.45, 7) is 0.999. The van der Waals surface area contributed by atoms with Crippen LogP contribution in [0.15, 0.2) is 18.2 Å². The highest BCUT2D eigenvalue weighted by Crippen LogP contribution is 2.30. The van der Waals surface area contributed by atoms with Gasteiger partial charge in [-0.2, -0.15) is 0 Å². The van der Waals surface area contributed by atoms with Gasteiger partial charge in [-0.1, -0.05) is 12.8 Å². The number of hydrogen-bond donors (Lipinski definition) is 1. The molecule has 5 heteroatoms. The molecule has 1 saturated heterocycles. The molecule has 2 fully saturated rings. The fourth-order valence-electron chi connectivity index (χ4n) is 3.18. The van der Waals surface area contributed by atoms with E-state index in [0.717, 1.165) is 37.8 Å². The lowest BCUT2D eigenvalue weighted by molar-refractivity contribution is -0.0753. The Balaban J connectivity index is 1.87. The number of aromatic hydroxyl groups is 1. The van der Waals surface area contributed by atoms with Crippen LogP contribution < -0.4 is 0 Å². The molecule has 1 N–H and O–H groups in total. The van der Waals surface area contributed by atoms with E-state index in [2.05, 4.69) is 0 Å². The smallest absolute Gasteiger partial charge is 0.258 e. The standard InChI is InChI=1S/C15H18FNO3/c16-10-5-6-13(18)11(9-10)15(19)17-7-8-20-14-4-2-1-3-12(14)17/h5-6,9,12,14,18H,1-4,7-8H2. The van der Waals surface area contributed by atoms with Crippen LogP contribution in [0, 0.1) is 5.82 Å². The van der Waals surface area contributed by atoms with Crippen molar-refractivity contribution in [1.29, 1.82) is 0 Å². The zero-order valence-electron chi connectivity index (χ0n) is 11.2. The maximum Gasteiger partial charge on any atom is 0.258 e. The number of nitrogens with zero attached hydrogens (tertiary/aromatic N) is 1. The van der Waals surface area contributed by atoms with Crippen LogP contribution in [-0.4, -0.2) is 41.2 Å². The van der Waals surface area contributed by atoms with E-state index in [0.29, 0.717) is 13.2 Å². The number of morpholine rings is 1. The van der Waals surface area contributed by atoms with Gasteiger partial charge in [-0.25, -0.2) is 4.39 Å². The van der Waals surface area contributed by atoms with E-state index in [1.807, 2.05) is 0 Å². The summed E-state index contributed by atoms with van der Waals surface area (Å²) in [6, 6.07) is 3.52. The molecule has 1 amide bonds. The van der Waals surface area contributed by atoms with Crippen LogP contribution in [0.3, 0.4) is 0 Å². The molecule has 0 radical (unpaired) electrons. The zero-order valence-corrected chi connectivity index (χ0v) is 11.2. The Morgan fingerprint density at radius 1 is 1.35 bits per heavy atom. The quantitative estimate of drug-likeness (QED) is 0.858. The summed E-state index contributed by atoms with van der Waals surface area (Å²) in [7, 11) is 0. The number of carbonyl (C=O) groups excluding carboxylic acids is 1. The lowest BCUT2D eigenvalue weighted by Crippen LogP contribution is -2.54. The molecule has 1 aliphatic carbocycles. The van der Waals surface area contributed by atoms with Crippen molar-refractivity contribution in [3.8, 4) is 5.75 Å². The number of phenols is 1.